The van der Waals surface area contributed by atoms with E-state index in [0.717, 1.165) is 35.2 Å². The van der Waals surface area contributed by atoms with Gasteiger partial charge in [-0.2, -0.15) is 0 Å². The first-order valence-corrected chi connectivity index (χ1v) is 12.3. The molecule has 3 aromatic carbocycles. The Hall–Kier alpha value is -2.92. The first-order chi connectivity index (χ1) is 16.1. The van der Waals surface area contributed by atoms with E-state index in [-0.39, 0.29) is 11.6 Å². The molecule has 0 bridgehead atoms. The van der Waals surface area contributed by atoms with Gasteiger partial charge < -0.3 is 0 Å². The Balaban J connectivity index is 1.63. The van der Waals surface area contributed by atoms with E-state index < -0.39 is 0 Å². The summed E-state index contributed by atoms with van der Waals surface area (Å²) in [5.74, 6) is 0. The number of allylic oxidation sites excluding steroid dienone is 1. The van der Waals surface area contributed by atoms with Crippen molar-refractivity contribution in [1.82, 2.24) is 4.57 Å². The Bertz CT molecular complexity index is 1620. The zero-order chi connectivity index (χ0) is 22.5. The van der Waals surface area contributed by atoms with E-state index in [1.807, 2.05) is 34.9 Å². The van der Waals surface area contributed by atoms with Gasteiger partial charge in [0.15, 0.2) is 4.80 Å². The summed E-state index contributed by atoms with van der Waals surface area (Å²) in [7, 11) is 0. The van der Waals surface area contributed by atoms with Gasteiger partial charge in [-0.1, -0.05) is 95.2 Å². The molecule has 3 nitrogen and oxygen atoms in total. The van der Waals surface area contributed by atoms with Gasteiger partial charge in [-0.05, 0) is 53.3 Å². The van der Waals surface area contributed by atoms with Crippen LogP contribution in [0.5, 0.6) is 0 Å². The van der Waals surface area contributed by atoms with Crippen LogP contribution in [0.2, 0.25) is 10.0 Å². The maximum atomic E-state index is 13.7. The van der Waals surface area contributed by atoms with E-state index in [1.165, 1.54) is 22.5 Å². The second-order valence-corrected chi connectivity index (χ2v) is 10.0. The predicted octanol–water partition coefficient (Wildman–Crippen LogP) is 5.63. The van der Waals surface area contributed by atoms with Crippen LogP contribution >= 0.6 is 34.5 Å². The van der Waals surface area contributed by atoms with E-state index in [0.29, 0.717) is 19.4 Å². The zero-order valence-electron chi connectivity index (χ0n) is 17.5. The van der Waals surface area contributed by atoms with Crippen LogP contribution in [-0.4, -0.2) is 4.57 Å². The summed E-state index contributed by atoms with van der Waals surface area (Å²) in [5.41, 5.74) is 6.47. The van der Waals surface area contributed by atoms with Crippen LogP contribution in [0.3, 0.4) is 0 Å². The first-order valence-electron chi connectivity index (χ1n) is 10.7. The minimum absolute atomic E-state index is 0.0518. The number of thiazole rings is 1. The van der Waals surface area contributed by atoms with Crippen LogP contribution < -0.4 is 14.9 Å². The van der Waals surface area contributed by atoms with Gasteiger partial charge in [0.2, 0.25) is 0 Å². The average molecular weight is 489 g/mol. The van der Waals surface area contributed by atoms with Crippen LogP contribution in [0.15, 0.2) is 88.2 Å². The zero-order valence-corrected chi connectivity index (χ0v) is 19.8. The van der Waals surface area contributed by atoms with Crippen LogP contribution in [0, 0.1) is 0 Å². The molecule has 162 valence electrons. The van der Waals surface area contributed by atoms with E-state index in [2.05, 4.69) is 36.4 Å². The van der Waals surface area contributed by atoms with Crippen molar-refractivity contribution in [3.8, 4) is 0 Å². The molecule has 0 radical (unpaired) electrons. The molecule has 0 saturated carbocycles. The highest BCUT2D eigenvalue weighted by Crippen LogP contribution is 2.41. The van der Waals surface area contributed by atoms with Gasteiger partial charge in [0.1, 0.15) is 0 Å². The summed E-state index contributed by atoms with van der Waals surface area (Å²) < 4.78 is 2.45. The summed E-state index contributed by atoms with van der Waals surface area (Å²) in [6.45, 7) is 0. The molecule has 1 aliphatic heterocycles. The van der Waals surface area contributed by atoms with Crippen molar-refractivity contribution in [2.24, 2.45) is 4.99 Å². The second-order valence-electron chi connectivity index (χ2n) is 8.19. The summed E-state index contributed by atoms with van der Waals surface area (Å²) in [6, 6.07) is 23.8. The number of nitrogens with zero attached hydrogens (tertiary/aromatic N) is 2. The van der Waals surface area contributed by atoms with Gasteiger partial charge in [0, 0.05) is 15.6 Å². The van der Waals surface area contributed by atoms with E-state index in [1.54, 1.807) is 12.1 Å². The first kappa shape index (κ1) is 20.7. The number of aryl methyl sites for hydroxylation is 1. The maximum absolute atomic E-state index is 13.7. The molecule has 1 atom stereocenters. The Morgan fingerprint density at radius 2 is 1.76 bits per heavy atom. The van der Waals surface area contributed by atoms with E-state index in [4.69, 9.17) is 28.2 Å². The van der Waals surface area contributed by atoms with E-state index >= 15 is 0 Å². The number of halogens is 2. The van der Waals surface area contributed by atoms with Gasteiger partial charge >= 0.3 is 0 Å². The van der Waals surface area contributed by atoms with Crippen LogP contribution in [0.25, 0.3) is 11.8 Å². The Morgan fingerprint density at radius 1 is 0.970 bits per heavy atom. The molecule has 0 amide bonds. The molecule has 0 fully saturated rings. The van der Waals surface area contributed by atoms with E-state index in [9.17, 15) is 4.79 Å². The Labute approximate surface area is 204 Å². The molecule has 1 aliphatic carbocycles. The number of benzene rings is 3. The molecular formula is C27H18Cl2N2OS. The van der Waals surface area contributed by atoms with Crippen molar-refractivity contribution in [2.75, 3.05) is 0 Å². The number of hydrogen-bond donors (Lipinski definition) is 0. The lowest BCUT2D eigenvalue weighted by Crippen LogP contribution is -2.38. The molecule has 0 spiro atoms. The lowest BCUT2D eigenvalue weighted by molar-refractivity contribution is 0.585. The summed E-state index contributed by atoms with van der Waals surface area (Å²) in [4.78, 5) is 19.4. The lowest BCUT2D eigenvalue weighted by Gasteiger charge is -2.30. The van der Waals surface area contributed by atoms with Crippen molar-refractivity contribution >= 4 is 46.3 Å². The molecule has 2 aliphatic rings. The molecule has 0 N–H and O–H groups in total. The summed E-state index contributed by atoms with van der Waals surface area (Å²) >= 11 is 13.8. The molecule has 4 aromatic rings. The fraction of sp³-hybridized carbons (Fsp3) is 0.111. The topological polar surface area (TPSA) is 34.4 Å². The summed E-state index contributed by atoms with van der Waals surface area (Å²) in [5, 5.41) is 1.08. The highest BCUT2D eigenvalue weighted by molar-refractivity contribution is 7.07. The Morgan fingerprint density at radius 3 is 2.58 bits per heavy atom. The average Bonchev–Trinajstić information content (AvgIpc) is 3.14. The quantitative estimate of drug-likeness (QED) is 0.360. The molecule has 1 aromatic heterocycles. The fourth-order valence-corrected chi connectivity index (χ4v) is 6.17. The molecule has 6 heteroatoms. The van der Waals surface area contributed by atoms with Gasteiger partial charge in [-0.3, -0.25) is 9.36 Å². The largest absolute Gasteiger partial charge is 0.272 e. The van der Waals surface area contributed by atoms with Gasteiger partial charge in [-0.15, -0.1) is 0 Å². The minimum atomic E-state index is -0.173. The van der Waals surface area contributed by atoms with Crippen molar-refractivity contribution in [1.29, 1.82) is 0 Å². The molecule has 33 heavy (non-hydrogen) atoms. The number of rotatable bonds is 2. The van der Waals surface area contributed by atoms with Crippen LogP contribution in [0.4, 0.5) is 0 Å². The van der Waals surface area contributed by atoms with Crippen molar-refractivity contribution in [2.45, 2.75) is 18.9 Å². The smallest absolute Gasteiger partial charge is 0.271 e. The molecule has 0 saturated heterocycles. The molecule has 1 unspecified atom stereocenters. The molecular weight excluding hydrogens is 471 g/mol. The maximum Gasteiger partial charge on any atom is 0.271 e. The highest BCUT2D eigenvalue weighted by Gasteiger charge is 2.32. The van der Waals surface area contributed by atoms with Crippen LogP contribution in [0.1, 0.15) is 34.7 Å². The Kier molecular flexibility index (Phi) is 5.10. The minimum Gasteiger partial charge on any atom is -0.272 e. The number of aromatic nitrogens is 1. The van der Waals surface area contributed by atoms with Crippen molar-refractivity contribution < 1.29 is 0 Å². The van der Waals surface area contributed by atoms with Gasteiger partial charge in [0.05, 0.1) is 16.3 Å². The fourth-order valence-electron chi connectivity index (χ4n) is 4.72. The number of fused-ring (bicyclic) bond motifs is 3. The molecule has 2 heterocycles. The standard InChI is InChI=1S/C27H18Cl2N2OS/c28-19-12-10-18(22(29)15-19)14-23-26(32)31-25(17-7-2-1-3-8-17)21-13-11-16-6-4-5-9-20(16)24(21)30-27(31)33-23/h1-10,12,14-15,25H,11,13H2/b23-14-. The van der Waals surface area contributed by atoms with Crippen molar-refractivity contribution in [3.63, 3.8) is 0 Å². The lowest BCUT2D eigenvalue weighted by atomic mass is 9.83. The summed E-state index contributed by atoms with van der Waals surface area (Å²) in [6.07, 6.45) is 3.65. The molecule has 6 rings (SSSR count). The van der Waals surface area contributed by atoms with Gasteiger partial charge in [0.25, 0.3) is 5.56 Å². The second kappa shape index (κ2) is 8.14. The normalized spacial score (nSPS) is 17.3. The third-order valence-corrected chi connectivity index (χ3v) is 7.78. The third kappa shape index (κ3) is 3.50. The third-order valence-electron chi connectivity index (χ3n) is 6.24. The van der Waals surface area contributed by atoms with Gasteiger partial charge in [-0.25, -0.2) is 4.99 Å². The predicted molar refractivity (Wildman–Crippen MR) is 136 cm³/mol. The number of hydrogen-bond acceptors (Lipinski definition) is 3. The highest BCUT2D eigenvalue weighted by atomic mass is 35.5. The van der Waals surface area contributed by atoms with Crippen molar-refractivity contribution in [3.05, 3.63) is 130 Å². The monoisotopic (exact) mass is 488 g/mol. The van der Waals surface area contributed by atoms with Crippen LogP contribution in [-0.2, 0) is 6.42 Å². The SMILES string of the molecule is O=c1/c(=C/c2ccc(Cl)cc2Cl)sc2n1C(c1ccccc1)C1=C(N=2)c2ccccc2CC1.